The van der Waals surface area contributed by atoms with Crippen LogP contribution in [0.15, 0.2) is 43.2 Å². The van der Waals surface area contributed by atoms with Crippen LogP contribution in [-0.4, -0.2) is 25.5 Å². The predicted molar refractivity (Wildman–Crippen MR) is 61.7 cm³/mol. The molecule has 0 radical (unpaired) electrons. The molecule has 84 valence electrons. The molecule has 3 aromatic heterocycles. The van der Waals surface area contributed by atoms with Crippen molar-refractivity contribution in [3.05, 3.63) is 48.8 Å². The van der Waals surface area contributed by atoms with E-state index in [1.165, 1.54) is 0 Å². The molecule has 1 amide bonds. The lowest BCUT2D eigenvalue weighted by Crippen LogP contribution is -2.11. The minimum atomic E-state index is -0.179. The number of rotatable bonds is 2. The van der Waals surface area contributed by atoms with Gasteiger partial charge in [0.2, 0.25) is 0 Å². The molecule has 0 aliphatic carbocycles. The van der Waals surface area contributed by atoms with Crippen molar-refractivity contribution in [2.75, 3.05) is 5.32 Å². The van der Waals surface area contributed by atoms with E-state index in [0.717, 1.165) is 5.52 Å². The first-order chi connectivity index (χ1) is 8.33. The molecule has 3 aromatic rings. The third-order valence-electron chi connectivity index (χ3n) is 2.43. The second-order valence-electron chi connectivity index (χ2n) is 3.58. The van der Waals surface area contributed by atoms with E-state index in [9.17, 15) is 4.79 Å². The smallest absolute Gasteiger partial charge is 0.257 e. The van der Waals surface area contributed by atoms with E-state index in [1.54, 1.807) is 41.6 Å². The first-order valence-electron chi connectivity index (χ1n) is 5.05. The maximum atomic E-state index is 11.9. The van der Waals surface area contributed by atoms with Crippen LogP contribution < -0.4 is 5.32 Å². The molecular weight excluding hydrogens is 218 g/mol. The maximum absolute atomic E-state index is 11.9. The van der Waals surface area contributed by atoms with Crippen LogP contribution in [0.2, 0.25) is 0 Å². The molecule has 6 heteroatoms. The van der Waals surface area contributed by atoms with Crippen LogP contribution in [0.5, 0.6) is 0 Å². The van der Waals surface area contributed by atoms with Crippen molar-refractivity contribution in [1.29, 1.82) is 0 Å². The van der Waals surface area contributed by atoms with Gasteiger partial charge in [0, 0.05) is 12.4 Å². The Morgan fingerprint density at radius 1 is 1.35 bits per heavy atom. The molecule has 6 nitrogen and oxygen atoms in total. The summed E-state index contributed by atoms with van der Waals surface area (Å²) in [5, 5.41) is 9.12. The van der Waals surface area contributed by atoms with Gasteiger partial charge in [-0.2, -0.15) is 5.10 Å². The Hall–Kier alpha value is -2.63. The summed E-state index contributed by atoms with van der Waals surface area (Å²) in [7, 11) is 0. The van der Waals surface area contributed by atoms with Crippen molar-refractivity contribution >= 4 is 17.1 Å². The zero-order valence-corrected chi connectivity index (χ0v) is 8.79. The van der Waals surface area contributed by atoms with Gasteiger partial charge in [-0.05, 0) is 12.1 Å². The fourth-order valence-corrected chi connectivity index (χ4v) is 1.58. The Bertz CT molecular complexity index is 655. The van der Waals surface area contributed by atoms with Crippen LogP contribution in [0.3, 0.4) is 0 Å². The van der Waals surface area contributed by atoms with E-state index in [2.05, 4.69) is 20.5 Å². The Kier molecular flexibility index (Phi) is 2.11. The molecule has 0 aromatic carbocycles. The van der Waals surface area contributed by atoms with Crippen LogP contribution in [0, 0.1) is 0 Å². The summed E-state index contributed by atoms with van der Waals surface area (Å²) in [5.74, 6) is -0.179. The number of fused-ring (bicyclic) bond motifs is 1. The maximum Gasteiger partial charge on any atom is 0.257 e. The average Bonchev–Trinajstić information content (AvgIpc) is 2.97. The molecule has 0 saturated carbocycles. The van der Waals surface area contributed by atoms with Crippen LogP contribution in [0.4, 0.5) is 5.69 Å². The van der Waals surface area contributed by atoms with Gasteiger partial charge in [0.1, 0.15) is 0 Å². The third-order valence-corrected chi connectivity index (χ3v) is 2.43. The summed E-state index contributed by atoms with van der Waals surface area (Å²) in [6.45, 7) is 0. The molecule has 0 fully saturated rings. The molecule has 3 rings (SSSR count). The number of hydrogen-bond donors (Lipinski definition) is 2. The number of aromatic nitrogens is 4. The number of carbonyl (C=O) groups is 1. The lowest BCUT2D eigenvalue weighted by Gasteiger charge is -2.02. The van der Waals surface area contributed by atoms with Gasteiger partial charge >= 0.3 is 0 Å². The van der Waals surface area contributed by atoms with Gasteiger partial charge in [-0.25, -0.2) is 4.98 Å². The summed E-state index contributed by atoms with van der Waals surface area (Å²) in [6.07, 6.45) is 8.29. The van der Waals surface area contributed by atoms with Crippen molar-refractivity contribution in [2.45, 2.75) is 0 Å². The van der Waals surface area contributed by atoms with Gasteiger partial charge in [0.05, 0.1) is 35.5 Å². The fraction of sp³-hybridized carbons (Fsp3) is 0. The highest BCUT2D eigenvalue weighted by Crippen LogP contribution is 2.09. The minimum Gasteiger partial charge on any atom is -0.319 e. The van der Waals surface area contributed by atoms with Gasteiger partial charge in [-0.3, -0.25) is 9.89 Å². The Morgan fingerprint density at radius 3 is 3.12 bits per heavy atom. The number of hydrogen-bond acceptors (Lipinski definition) is 3. The Balaban J connectivity index is 1.90. The highest BCUT2D eigenvalue weighted by Gasteiger charge is 2.07. The van der Waals surface area contributed by atoms with Crippen molar-refractivity contribution < 1.29 is 4.79 Å². The van der Waals surface area contributed by atoms with Crippen molar-refractivity contribution in [3.63, 3.8) is 0 Å². The molecular formula is C11H9N5O. The largest absolute Gasteiger partial charge is 0.319 e. The summed E-state index contributed by atoms with van der Waals surface area (Å²) in [6, 6.07) is 3.60. The molecule has 0 bridgehead atoms. The molecule has 0 unspecified atom stereocenters. The molecule has 0 aliphatic heterocycles. The van der Waals surface area contributed by atoms with Gasteiger partial charge < -0.3 is 9.72 Å². The lowest BCUT2D eigenvalue weighted by molar-refractivity contribution is 0.102. The molecule has 0 spiro atoms. The summed E-state index contributed by atoms with van der Waals surface area (Å²) in [4.78, 5) is 15.9. The monoisotopic (exact) mass is 227 g/mol. The first kappa shape index (κ1) is 9.59. The minimum absolute atomic E-state index is 0.179. The van der Waals surface area contributed by atoms with E-state index >= 15 is 0 Å². The van der Waals surface area contributed by atoms with E-state index < -0.39 is 0 Å². The third kappa shape index (κ3) is 1.76. The topological polar surface area (TPSA) is 75.1 Å². The number of nitrogens with one attached hydrogen (secondary N) is 2. The van der Waals surface area contributed by atoms with Crippen LogP contribution in [-0.2, 0) is 0 Å². The number of aromatic amines is 1. The van der Waals surface area contributed by atoms with Gasteiger partial charge in [0.15, 0.2) is 0 Å². The normalized spacial score (nSPS) is 10.6. The molecule has 0 saturated heterocycles. The van der Waals surface area contributed by atoms with Gasteiger partial charge in [-0.1, -0.05) is 0 Å². The number of H-pyrrole nitrogens is 1. The van der Waals surface area contributed by atoms with Crippen LogP contribution in [0.1, 0.15) is 10.4 Å². The fourth-order valence-electron chi connectivity index (χ4n) is 1.58. The van der Waals surface area contributed by atoms with Crippen molar-refractivity contribution in [2.24, 2.45) is 0 Å². The Labute approximate surface area is 96.3 Å². The van der Waals surface area contributed by atoms with E-state index in [-0.39, 0.29) is 5.91 Å². The van der Waals surface area contributed by atoms with Crippen molar-refractivity contribution in [3.8, 4) is 0 Å². The van der Waals surface area contributed by atoms with Crippen molar-refractivity contribution in [1.82, 2.24) is 19.6 Å². The lowest BCUT2D eigenvalue weighted by atomic mass is 10.2. The van der Waals surface area contributed by atoms with E-state index in [4.69, 9.17) is 0 Å². The zero-order valence-electron chi connectivity index (χ0n) is 8.79. The number of pyridine rings is 1. The number of anilines is 1. The number of imidazole rings is 1. The number of carbonyl (C=O) groups excluding carboxylic acids is 1. The summed E-state index contributed by atoms with van der Waals surface area (Å²) >= 11 is 0. The average molecular weight is 227 g/mol. The molecule has 0 atom stereocenters. The van der Waals surface area contributed by atoms with Crippen LogP contribution in [0.25, 0.3) is 5.52 Å². The first-order valence-corrected chi connectivity index (χ1v) is 5.05. The molecule has 2 N–H and O–H groups in total. The SMILES string of the molecule is O=C(Nc1cn[nH]c1)c1ccc2cncn2c1. The van der Waals surface area contributed by atoms with E-state index in [1.807, 2.05) is 6.07 Å². The second kappa shape index (κ2) is 3.75. The number of amides is 1. The summed E-state index contributed by atoms with van der Waals surface area (Å²) in [5.41, 5.74) is 2.15. The van der Waals surface area contributed by atoms with Crippen LogP contribution >= 0.6 is 0 Å². The predicted octanol–water partition coefficient (Wildman–Crippen LogP) is 1.31. The molecule has 17 heavy (non-hydrogen) atoms. The Morgan fingerprint density at radius 2 is 2.29 bits per heavy atom. The zero-order chi connectivity index (χ0) is 11.7. The quantitative estimate of drug-likeness (QED) is 0.693. The molecule has 0 aliphatic rings. The highest BCUT2D eigenvalue weighted by atomic mass is 16.1. The second-order valence-corrected chi connectivity index (χ2v) is 3.58. The van der Waals surface area contributed by atoms with Gasteiger partial charge in [0.25, 0.3) is 5.91 Å². The summed E-state index contributed by atoms with van der Waals surface area (Å²) < 4.78 is 1.80. The van der Waals surface area contributed by atoms with E-state index in [0.29, 0.717) is 11.3 Å². The van der Waals surface area contributed by atoms with Gasteiger partial charge in [-0.15, -0.1) is 0 Å². The molecule has 3 heterocycles. The highest BCUT2D eigenvalue weighted by molar-refractivity contribution is 6.04. The standard InChI is InChI=1S/C11H9N5O/c17-11(15-9-3-13-14-4-9)8-1-2-10-5-12-7-16(10)6-8/h1-7H,(H,13,14)(H,15,17). The number of nitrogens with zero attached hydrogens (tertiary/aromatic N) is 3.